The molecule has 1 amide bonds. The summed E-state index contributed by atoms with van der Waals surface area (Å²) in [7, 11) is -2.79. The topological polar surface area (TPSA) is 63.7 Å². The van der Waals surface area contributed by atoms with E-state index in [1.54, 1.807) is 18.2 Å². The number of methoxy groups -OCH3 is 1. The maximum absolute atomic E-state index is 14.2. The highest BCUT2D eigenvalue weighted by Crippen LogP contribution is 2.28. The van der Waals surface area contributed by atoms with E-state index in [1.165, 1.54) is 61.7 Å². The van der Waals surface area contributed by atoms with E-state index in [-0.39, 0.29) is 16.1 Å². The van der Waals surface area contributed by atoms with Crippen LogP contribution >= 0.6 is 0 Å². The second-order valence-electron chi connectivity index (χ2n) is 5.57. The zero-order valence-corrected chi connectivity index (χ0v) is 15.2. The van der Waals surface area contributed by atoms with Crippen molar-refractivity contribution in [1.29, 1.82) is 0 Å². The number of hydrogen-bond donors (Lipinski definition) is 0. The molecule has 0 N–H and O–H groups in total. The van der Waals surface area contributed by atoms with E-state index in [0.717, 1.165) is 6.07 Å². The Morgan fingerprint density at radius 2 is 1.48 bits per heavy atom. The van der Waals surface area contributed by atoms with E-state index in [1.807, 2.05) is 0 Å². The predicted molar refractivity (Wildman–Crippen MR) is 99.8 cm³/mol. The monoisotopic (exact) mass is 385 g/mol. The summed E-state index contributed by atoms with van der Waals surface area (Å²) in [6.45, 7) is 0. The molecule has 7 heteroatoms. The van der Waals surface area contributed by atoms with Crippen molar-refractivity contribution in [3.8, 4) is 5.75 Å². The number of carbonyl (C=O) groups excluding carboxylic acids is 1. The van der Waals surface area contributed by atoms with Gasteiger partial charge in [0.05, 0.1) is 23.3 Å². The van der Waals surface area contributed by atoms with Crippen molar-refractivity contribution in [1.82, 2.24) is 0 Å². The fourth-order valence-corrected chi connectivity index (χ4v) is 3.95. The fourth-order valence-electron chi connectivity index (χ4n) is 2.52. The van der Waals surface area contributed by atoms with Gasteiger partial charge in [-0.3, -0.25) is 4.79 Å². The Kier molecular flexibility index (Phi) is 5.23. The quantitative estimate of drug-likeness (QED) is 0.669. The number of nitrogens with zero attached hydrogens (tertiary/aromatic N) is 1. The molecule has 0 aliphatic carbocycles. The maximum atomic E-state index is 14.2. The second kappa shape index (κ2) is 7.59. The van der Waals surface area contributed by atoms with E-state index in [4.69, 9.17) is 4.74 Å². The molecule has 0 aliphatic rings. The third-order valence-electron chi connectivity index (χ3n) is 3.88. The number of ether oxygens (including phenoxy) is 1. The molecule has 3 aromatic carbocycles. The molecule has 0 spiro atoms. The van der Waals surface area contributed by atoms with E-state index >= 15 is 0 Å². The largest absolute Gasteiger partial charge is 0.497 e. The number of anilines is 1. The molecular weight excluding hydrogens is 369 g/mol. The summed E-state index contributed by atoms with van der Waals surface area (Å²) in [5.41, 5.74) is -0.263. The van der Waals surface area contributed by atoms with Crippen LogP contribution in [-0.4, -0.2) is 21.4 Å². The summed E-state index contributed by atoms with van der Waals surface area (Å²) in [5, 5.41) is 0. The first-order valence-electron chi connectivity index (χ1n) is 7.98. The summed E-state index contributed by atoms with van der Waals surface area (Å²) >= 11 is 0. The van der Waals surface area contributed by atoms with Crippen LogP contribution in [0.4, 0.5) is 10.1 Å². The zero-order valence-electron chi connectivity index (χ0n) is 14.4. The van der Waals surface area contributed by atoms with Crippen molar-refractivity contribution >= 4 is 21.6 Å². The number of benzene rings is 3. The molecule has 0 unspecified atom stereocenters. The van der Waals surface area contributed by atoms with E-state index in [9.17, 15) is 17.6 Å². The van der Waals surface area contributed by atoms with Crippen LogP contribution in [0.2, 0.25) is 0 Å². The predicted octanol–water partition coefficient (Wildman–Crippen LogP) is 3.87. The number of hydrogen-bond acceptors (Lipinski definition) is 4. The smallest absolute Gasteiger partial charge is 0.275 e. The molecule has 0 atom stereocenters. The number of sulfonamides is 1. The summed E-state index contributed by atoms with van der Waals surface area (Å²) in [6, 6.07) is 18.7. The highest BCUT2D eigenvalue weighted by atomic mass is 32.2. The highest BCUT2D eigenvalue weighted by Gasteiger charge is 2.33. The number of halogens is 1. The summed E-state index contributed by atoms with van der Waals surface area (Å²) in [5.74, 6) is -1.29. The van der Waals surface area contributed by atoms with E-state index < -0.39 is 21.7 Å². The van der Waals surface area contributed by atoms with Crippen LogP contribution in [0.5, 0.6) is 5.75 Å². The van der Waals surface area contributed by atoms with Gasteiger partial charge in [-0.15, -0.1) is 0 Å². The first kappa shape index (κ1) is 18.6. The van der Waals surface area contributed by atoms with Gasteiger partial charge in [0.15, 0.2) is 0 Å². The van der Waals surface area contributed by atoms with Gasteiger partial charge < -0.3 is 4.74 Å². The van der Waals surface area contributed by atoms with Crippen molar-refractivity contribution in [2.24, 2.45) is 0 Å². The normalized spacial score (nSPS) is 11.0. The molecule has 0 aromatic heterocycles. The van der Waals surface area contributed by atoms with Gasteiger partial charge in [-0.1, -0.05) is 30.3 Å². The Bertz CT molecular complexity index is 1050. The van der Waals surface area contributed by atoms with E-state index in [2.05, 4.69) is 0 Å². The Hall–Kier alpha value is -3.19. The SMILES string of the molecule is COc1ccc(N(C(=O)c2ccccc2F)S(=O)(=O)c2ccccc2)cc1. The molecule has 0 aliphatic heterocycles. The third-order valence-corrected chi connectivity index (χ3v) is 5.60. The molecule has 0 heterocycles. The fraction of sp³-hybridized carbons (Fsp3) is 0.0500. The first-order chi connectivity index (χ1) is 12.9. The molecule has 0 bridgehead atoms. The van der Waals surface area contributed by atoms with Crippen LogP contribution in [0.25, 0.3) is 0 Å². The van der Waals surface area contributed by atoms with Gasteiger partial charge in [0.1, 0.15) is 11.6 Å². The van der Waals surface area contributed by atoms with E-state index in [0.29, 0.717) is 10.1 Å². The van der Waals surface area contributed by atoms with Crippen LogP contribution in [-0.2, 0) is 10.0 Å². The summed E-state index contributed by atoms with van der Waals surface area (Å²) < 4.78 is 46.2. The zero-order chi connectivity index (χ0) is 19.4. The average molecular weight is 385 g/mol. The Morgan fingerprint density at radius 3 is 2.07 bits per heavy atom. The molecule has 27 heavy (non-hydrogen) atoms. The van der Waals surface area contributed by atoms with Gasteiger partial charge in [0.25, 0.3) is 15.9 Å². The minimum absolute atomic E-state index is 0.0768. The number of amides is 1. The van der Waals surface area contributed by atoms with Gasteiger partial charge in [-0.2, -0.15) is 4.31 Å². The lowest BCUT2D eigenvalue weighted by atomic mass is 10.2. The van der Waals surface area contributed by atoms with Crippen LogP contribution in [0.1, 0.15) is 10.4 Å². The molecule has 5 nitrogen and oxygen atoms in total. The lowest BCUT2D eigenvalue weighted by Gasteiger charge is -2.23. The Morgan fingerprint density at radius 1 is 0.889 bits per heavy atom. The van der Waals surface area contributed by atoms with Gasteiger partial charge in [0, 0.05) is 0 Å². The molecule has 0 fully saturated rings. The summed E-state index contributed by atoms with van der Waals surface area (Å²) in [4.78, 5) is 12.9. The van der Waals surface area contributed by atoms with Gasteiger partial charge in [-0.05, 0) is 48.5 Å². The Balaban J connectivity index is 2.17. The minimum Gasteiger partial charge on any atom is -0.497 e. The minimum atomic E-state index is -4.26. The third kappa shape index (κ3) is 3.68. The van der Waals surface area contributed by atoms with Crippen LogP contribution < -0.4 is 9.04 Å². The lowest BCUT2D eigenvalue weighted by molar-refractivity contribution is 0.100. The Labute approximate surface area is 156 Å². The lowest BCUT2D eigenvalue weighted by Crippen LogP contribution is -2.37. The molecular formula is C20H16FNO4S. The van der Waals surface area contributed by atoms with Crippen LogP contribution in [0, 0.1) is 5.82 Å². The number of carbonyl (C=O) groups is 1. The molecule has 0 saturated carbocycles. The molecule has 138 valence electrons. The molecule has 3 aromatic rings. The summed E-state index contributed by atoms with van der Waals surface area (Å²) in [6.07, 6.45) is 0. The van der Waals surface area contributed by atoms with Crippen LogP contribution in [0.3, 0.4) is 0 Å². The van der Waals surface area contributed by atoms with Crippen molar-refractivity contribution in [2.45, 2.75) is 4.90 Å². The second-order valence-corrected chi connectivity index (χ2v) is 7.35. The standard InChI is InChI=1S/C20H16FNO4S/c1-26-16-13-11-15(12-14-16)22(20(23)18-9-5-6-10-19(18)21)27(24,25)17-7-3-2-4-8-17/h2-14H,1H3. The van der Waals surface area contributed by atoms with Gasteiger partial charge in [0.2, 0.25) is 0 Å². The maximum Gasteiger partial charge on any atom is 0.275 e. The van der Waals surface area contributed by atoms with Crippen molar-refractivity contribution in [2.75, 3.05) is 11.4 Å². The van der Waals surface area contributed by atoms with Crippen molar-refractivity contribution < 1.29 is 22.3 Å². The average Bonchev–Trinajstić information content (AvgIpc) is 2.69. The number of rotatable bonds is 5. The van der Waals surface area contributed by atoms with Crippen LogP contribution in [0.15, 0.2) is 83.8 Å². The molecule has 0 saturated heterocycles. The molecule has 0 radical (unpaired) electrons. The molecule has 3 rings (SSSR count). The van der Waals surface area contributed by atoms with Gasteiger partial charge in [-0.25, -0.2) is 12.8 Å². The van der Waals surface area contributed by atoms with Gasteiger partial charge >= 0.3 is 0 Å². The van der Waals surface area contributed by atoms with Crippen molar-refractivity contribution in [3.05, 3.63) is 90.2 Å². The van der Waals surface area contributed by atoms with Crippen molar-refractivity contribution in [3.63, 3.8) is 0 Å². The first-order valence-corrected chi connectivity index (χ1v) is 9.42. The highest BCUT2D eigenvalue weighted by molar-refractivity contribution is 7.93.